The van der Waals surface area contributed by atoms with Gasteiger partial charge in [0.15, 0.2) is 0 Å². The number of aromatic amines is 1. The summed E-state index contributed by atoms with van der Waals surface area (Å²) in [6, 6.07) is 6.51. The van der Waals surface area contributed by atoms with Crippen LogP contribution in [0.3, 0.4) is 0 Å². The minimum absolute atomic E-state index is 0.249. The Morgan fingerprint density at radius 1 is 1.23 bits per heavy atom. The lowest BCUT2D eigenvalue weighted by Gasteiger charge is -2.19. The molecule has 3 aromatic rings. The molecule has 22 heavy (non-hydrogen) atoms. The molecule has 1 aliphatic rings. The van der Waals surface area contributed by atoms with Crippen molar-refractivity contribution in [1.29, 1.82) is 0 Å². The number of aromatic nitrogens is 3. The summed E-state index contributed by atoms with van der Waals surface area (Å²) in [7, 11) is 0. The van der Waals surface area contributed by atoms with Gasteiger partial charge in [-0.2, -0.15) is 0 Å². The second-order valence-corrected chi connectivity index (χ2v) is 6.51. The maximum absolute atomic E-state index is 11.3. The van der Waals surface area contributed by atoms with Crippen LogP contribution < -0.4 is 5.69 Å². The Bertz CT molecular complexity index is 870. The van der Waals surface area contributed by atoms with Crippen LogP contribution in [0.25, 0.3) is 10.2 Å². The maximum atomic E-state index is 11.3. The van der Waals surface area contributed by atoms with Crippen LogP contribution in [0, 0.1) is 0 Å². The molecule has 1 N–H and O–H groups in total. The normalized spacial score (nSPS) is 15.6. The predicted octanol–water partition coefficient (Wildman–Crippen LogP) is 1.98. The van der Waals surface area contributed by atoms with Gasteiger partial charge in [0, 0.05) is 37.9 Å². The SMILES string of the molecule is O=c1ncc2c([nH]1)CCN(Cc1ccc3scnc3c1)CC2. The van der Waals surface area contributed by atoms with E-state index in [1.165, 1.54) is 10.3 Å². The summed E-state index contributed by atoms with van der Waals surface area (Å²) in [5, 5.41) is 0. The van der Waals surface area contributed by atoms with Gasteiger partial charge in [0.2, 0.25) is 0 Å². The van der Waals surface area contributed by atoms with Gasteiger partial charge in [0.1, 0.15) is 0 Å². The van der Waals surface area contributed by atoms with Crippen molar-refractivity contribution < 1.29 is 0 Å². The molecular weight excluding hydrogens is 296 g/mol. The van der Waals surface area contributed by atoms with E-state index in [1.54, 1.807) is 17.5 Å². The van der Waals surface area contributed by atoms with Crippen molar-refractivity contribution in [2.45, 2.75) is 19.4 Å². The molecule has 0 saturated carbocycles. The van der Waals surface area contributed by atoms with Crippen LogP contribution >= 0.6 is 11.3 Å². The van der Waals surface area contributed by atoms with E-state index in [4.69, 9.17) is 0 Å². The molecule has 1 aromatic carbocycles. The standard InChI is InChI=1S/C16H16N4OS/c21-16-17-8-12-3-5-20(6-4-13(12)19-16)9-11-1-2-15-14(7-11)18-10-22-15/h1-2,7-8,10H,3-6,9H2,(H,17,19,21). The van der Waals surface area contributed by atoms with Gasteiger partial charge in [-0.1, -0.05) is 6.07 Å². The summed E-state index contributed by atoms with van der Waals surface area (Å²) in [4.78, 5) is 24.9. The van der Waals surface area contributed by atoms with E-state index < -0.39 is 0 Å². The van der Waals surface area contributed by atoms with Gasteiger partial charge in [-0.05, 0) is 29.7 Å². The first kappa shape index (κ1) is 13.6. The van der Waals surface area contributed by atoms with Gasteiger partial charge in [-0.25, -0.2) is 14.8 Å². The number of H-pyrrole nitrogens is 1. The van der Waals surface area contributed by atoms with Gasteiger partial charge in [0.05, 0.1) is 15.7 Å². The van der Waals surface area contributed by atoms with E-state index in [-0.39, 0.29) is 5.69 Å². The highest BCUT2D eigenvalue weighted by molar-refractivity contribution is 7.16. The van der Waals surface area contributed by atoms with Crippen LogP contribution in [-0.4, -0.2) is 32.9 Å². The molecule has 2 aromatic heterocycles. The largest absolute Gasteiger partial charge is 0.345 e. The highest BCUT2D eigenvalue weighted by atomic mass is 32.1. The summed E-state index contributed by atoms with van der Waals surface area (Å²) in [6.07, 6.45) is 3.52. The zero-order chi connectivity index (χ0) is 14.9. The first-order chi connectivity index (χ1) is 10.8. The highest BCUT2D eigenvalue weighted by Crippen LogP contribution is 2.20. The second-order valence-electron chi connectivity index (χ2n) is 5.62. The average molecular weight is 312 g/mol. The third kappa shape index (κ3) is 2.67. The van der Waals surface area contributed by atoms with Crippen molar-refractivity contribution >= 4 is 21.6 Å². The number of nitrogens with one attached hydrogen (secondary N) is 1. The smallest absolute Gasteiger partial charge is 0.309 e. The molecule has 0 radical (unpaired) electrons. The summed E-state index contributed by atoms with van der Waals surface area (Å²) < 4.78 is 1.23. The highest BCUT2D eigenvalue weighted by Gasteiger charge is 2.15. The zero-order valence-corrected chi connectivity index (χ0v) is 12.9. The molecule has 0 unspecified atom stereocenters. The topological polar surface area (TPSA) is 61.9 Å². The minimum atomic E-state index is -0.249. The van der Waals surface area contributed by atoms with Crippen LogP contribution in [0.5, 0.6) is 0 Å². The molecule has 0 atom stereocenters. The van der Waals surface area contributed by atoms with E-state index in [2.05, 4.69) is 38.1 Å². The Hall–Kier alpha value is -2.05. The van der Waals surface area contributed by atoms with Crippen molar-refractivity contribution in [3.8, 4) is 0 Å². The lowest BCUT2D eigenvalue weighted by atomic mass is 10.1. The molecular formula is C16H16N4OS. The number of hydrogen-bond donors (Lipinski definition) is 1. The fraction of sp³-hybridized carbons (Fsp3) is 0.312. The van der Waals surface area contributed by atoms with E-state index in [9.17, 15) is 4.79 Å². The lowest BCUT2D eigenvalue weighted by molar-refractivity contribution is 0.279. The van der Waals surface area contributed by atoms with E-state index in [0.717, 1.165) is 49.2 Å². The minimum Gasteiger partial charge on any atom is -0.309 e. The molecule has 6 heteroatoms. The third-order valence-corrected chi connectivity index (χ3v) is 4.97. The zero-order valence-electron chi connectivity index (χ0n) is 12.1. The van der Waals surface area contributed by atoms with Gasteiger partial charge in [-0.3, -0.25) is 4.90 Å². The van der Waals surface area contributed by atoms with E-state index in [1.807, 2.05) is 5.51 Å². The number of hydrogen-bond acceptors (Lipinski definition) is 5. The van der Waals surface area contributed by atoms with Gasteiger partial charge in [0.25, 0.3) is 0 Å². The van der Waals surface area contributed by atoms with Crippen molar-refractivity contribution in [3.63, 3.8) is 0 Å². The number of nitrogens with zero attached hydrogens (tertiary/aromatic N) is 3. The molecule has 5 nitrogen and oxygen atoms in total. The molecule has 0 spiro atoms. The Labute approximate surface area is 131 Å². The van der Waals surface area contributed by atoms with Crippen molar-refractivity contribution in [2.24, 2.45) is 0 Å². The molecule has 0 fully saturated rings. The number of fused-ring (bicyclic) bond motifs is 2. The molecule has 112 valence electrons. The Morgan fingerprint density at radius 3 is 3.09 bits per heavy atom. The maximum Gasteiger partial charge on any atom is 0.345 e. The van der Waals surface area contributed by atoms with Gasteiger partial charge in [-0.15, -0.1) is 11.3 Å². The quantitative estimate of drug-likeness (QED) is 0.786. The average Bonchev–Trinajstić information content (AvgIpc) is 2.90. The fourth-order valence-electron chi connectivity index (χ4n) is 2.97. The molecule has 3 heterocycles. The van der Waals surface area contributed by atoms with E-state index >= 15 is 0 Å². The number of benzene rings is 1. The monoisotopic (exact) mass is 312 g/mol. The van der Waals surface area contributed by atoms with Crippen molar-refractivity contribution in [2.75, 3.05) is 13.1 Å². The summed E-state index contributed by atoms with van der Waals surface area (Å²) >= 11 is 1.67. The van der Waals surface area contributed by atoms with Gasteiger partial charge < -0.3 is 4.98 Å². The van der Waals surface area contributed by atoms with Crippen LogP contribution in [-0.2, 0) is 19.4 Å². The molecule has 0 bridgehead atoms. The van der Waals surface area contributed by atoms with Crippen LogP contribution in [0.4, 0.5) is 0 Å². The first-order valence-electron chi connectivity index (χ1n) is 7.39. The summed E-state index contributed by atoms with van der Waals surface area (Å²) in [5.41, 5.74) is 6.21. The summed E-state index contributed by atoms with van der Waals surface area (Å²) in [6.45, 7) is 2.84. The van der Waals surface area contributed by atoms with Crippen LogP contribution in [0.2, 0.25) is 0 Å². The van der Waals surface area contributed by atoms with Crippen LogP contribution in [0.1, 0.15) is 16.8 Å². The lowest BCUT2D eigenvalue weighted by Crippen LogP contribution is -2.26. The molecule has 0 saturated heterocycles. The molecule has 4 rings (SSSR count). The molecule has 1 aliphatic heterocycles. The van der Waals surface area contributed by atoms with Crippen molar-refractivity contribution in [1.82, 2.24) is 19.9 Å². The number of thiazole rings is 1. The fourth-order valence-corrected chi connectivity index (χ4v) is 3.63. The Morgan fingerprint density at radius 2 is 2.14 bits per heavy atom. The van der Waals surface area contributed by atoms with E-state index in [0.29, 0.717) is 0 Å². The summed E-state index contributed by atoms with van der Waals surface area (Å²) in [5.74, 6) is 0. The van der Waals surface area contributed by atoms with Crippen LogP contribution in [0.15, 0.2) is 34.7 Å². The molecule has 0 amide bonds. The molecule has 0 aliphatic carbocycles. The second kappa shape index (κ2) is 5.62. The Balaban J connectivity index is 1.51. The van der Waals surface area contributed by atoms with Crippen molar-refractivity contribution in [3.05, 3.63) is 57.2 Å². The number of rotatable bonds is 2. The Kier molecular flexibility index (Phi) is 3.48. The predicted molar refractivity (Wildman–Crippen MR) is 87.2 cm³/mol. The van der Waals surface area contributed by atoms with Gasteiger partial charge >= 0.3 is 5.69 Å². The first-order valence-corrected chi connectivity index (χ1v) is 8.27. The third-order valence-electron chi connectivity index (χ3n) is 4.16.